The van der Waals surface area contributed by atoms with Crippen LogP contribution in [0.2, 0.25) is 5.02 Å². The van der Waals surface area contributed by atoms with E-state index in [-0.39, 0.29) is 12.4 Å². The molecular formula is C14H16ClN5O2. The highest BCUT2D eigenvalue weighted by Crippen LogP contribution is 2.35. The van der Waals surface area contributed by atoms with Crippen molar-refractivity contribution in [3.05, 3.63) is 52.8 Å². The van der Waals surface area contributed by atoms with E-state index in [0.717, 1.165) is 16.3 Å². The number of hydrogen-bond donors (Lipinski definition) is 3. The smallest absolute Gasteiger partial charge is 0.350 e. The number of nitrogens with zero attached hydrogens (tertiary/aromatic N) is 2. The first-order valence-electron chi connectivity index (χ1n) is 6.41. The highest BCUT2D eigenvalue weighted by molar-refractivity contribution is 6.32. The average Bonchev–Trinajstić information content (AvgIpc) is 2.52. The minimum absolute atomic E-state index is 0.191. The van der Waals surface area contributed by atoms with Crippen molar-refractivity contribution in [1.29, 1.82) is 0 Å². The fourth-order valence-corrected chi connectivity index (χ4v) is 2.06. The number of ether oxygens (including phenoxy) is 1. The normalized spacial score (nSPS) is 10.2. The van der Waals surface area contributed by atoms with Crippen LogP contribution in [0.25, 0.3) is 0 Å². The molecule has 0 bridgehead atoms. The van der Waals surface area contributed by atoms with Crippen LogP contribution in [0.3, 0.4) is 0 Å². The molecule has 8 heteroatoms. The highest BCUT2D eigenvalue weighted by atomic mass is 35.5. The number of urea groups is 1. The molecule has 1 heterocycles. The molecule has 5 N–H and O–H groups in total. The van der Waals surface area contributed by atoms with Gasteiger partial charge in [0.05, 0.1) is 10.7 Å². The summed E-state index contributed by atoms with van der Waals surface area (Å²) in [4.78, 5) is 15.7. The summed E-state index contributed by atoms with van der Waals surface area (Å²) in [5.41, 5.74) is 4.04. The summed E-state index contributed by atoms with van der Waals surface area (Å²) in [5.74, 6) is 11.1. The quantitative estimate of drug-likeness (QED) is 0.453. The van der Waals surface area contributed by atoms with Gasteiger partial charge in [-0.05, 0) is 36.8 Å². The number of halogens is 1. The Morgan fingerprint density at radius 2 is 2.23 bits per heavy atom. The minimum atomic E-state index is -0.694. The molecule has 2 rings (SSSR count). The lowest BCUT2D eigenvalue weighted by molar-refractivity contribution is 0.246. The van der Waals surface area contributed by atoms with Crippen LogP contribution >= 0.6 is 11.6 Å². The van der Waals surface area contributed by atoms with Gasteiger partial charge in [0.25, 0.3) is 0 Å². The van der Waals surface area contributed by atoms with Crippen LogP contribution in [0.15, 0.2) is 36.5 Å². The number of aryl methyl sites for hydroxylation is 1. The van der Waals surface area contributed by atoms with Crippen molar-refractivity contribution in [3.63, 3.8) is 0 Å². The number of para-hydroxylation sites is 1. The minimum Gasteiger partial charge on any atom is -0.483 e. The van der Waals surface area contributed by atoms with E-state index in [0.29, 0.717) is 10.7 Å². The third-order valence-corrected chi connectivity index (χ3v) is 3.18. The molecule has 116 valence electrons. The second kappa shape index (κ2) is 7.08. The number of benzene rings is 1. The molecule has 1 aromatic heterocycles. The monoisotopic (exact) mass is 321 g/mol. The van der Waals surface area contributed by atoms with E-state index in [1.807, 2.05) is 24.5 Å². The number of rotatable bonds is 4. The van der Waals surface area contributed by atoms with Gasteiger partial charge in [0.1, 0.15) is 12.3 Å². The molecule has 0 aliphatic carbocycles. The average molecular weight is 322 g/mol. The Morgan fingerprint density at radius 3 is 2.91 bits per heavy atom. The Labute approximate surface area is 132 Å². The van der Waals surface area contributed by atoms with Crippen LogP contribution < -0.4 is 26.9 Å². The van der Waals surface area contributed by atoms with Crippen molar-refractivity contribution in [1.82, 2.24) is 10.4 Å². The van der Waals surface area contributed by atoms with Gasteiger partial charge in [-0.3, -0.25) is 10.4 Å². The first-order chi connectivity index (χ1) is 10.5. The van der Waals surface area contributed by atoms with E-state index in [9.17, 15) is 4.79 Å². The van der Waals surface area contributed by atoms with Crippen LogP contribution in [0, 0.1) is 6.92 Å². The Balaban J connectivity index is 2.24. The Morgan fingerprint density at radius 1 is 1.45 bits per heavy atom. The second-order valence-electron chi connectivity index (χ2n) is 4.52. The number of aromatic nitrogens is 1. The van der Waals surface area contributed by atoms with E-state index in [1.165, 1.54) is 0 Å². The standard InChI is InChI=1S/C14H16ClN5O2/c1-9-5-6-18-10(7-9)8-22-13-11(15)3-2-4-12(13)20(17)14(21)19-16/h2-7H,8,16-17H2,1H3,(H,19,21). The summed E-state index contributed by atoms with van der Waals surface area (Å²) >= 11 is 6.13. The molecule has 0 atom stereocenters. The first kappa shape index (κ1) is 16.0. The fraction of sp³-hybridized carbons (Fsp3) is 0.143. The number of anilines is 1. The SMILES string of the molecule is Cc1ccnc(COc2c(Cl)cccc2N(N)C(=O)NN)c1. The fourth-order valence-electron chi connectivity index (χ4n) is 1.83. The van der Waals surface area contributed by atoms with Gasteiger partial charge in [-0.15, -0.1) is 0 Å². The number of carbonyl (C=O) groups is 1. The maximum Gasteiger partial charge on any atom is 0.350 e. The third kappa shape index (κ3) is 3.64. The zero-order chi connectivity index (χ0) is 16.1. The predicted octanol–water partition coefficient (Wildman–Crippen LogP) is 1.89. The molecule has 7 nitrogen and oxygen atoms in total. The molecule has 0 radical (unpaired) electrons. The zero-order valence-electron chi connectivity index (χ0n) is 11.9. The molecule has 0 aliphatic rings. The number of amides is 2. The number of pyridine rings is 1. The van der Waals surface area contributed by atoms with E-state index >= 15 is 0 Å². The Hall–Kier alpha value is -2.35. The number of hydrogen-bond acceptors (Lipinski definition) is 5. The topological polar surface area (TPSA) is 106 Å². The molecule has 0 saturated carbocycles. The van der Waals surface area contributed by atoms with E-state index in [2.05, 4.69) is 4.98 Å². The van der Waals surface area contributed by atoms with E-state index < -0.39 is 6.03 Å². The van der Waals surface area contributed by atoms with Crippen molar-refractivity contribution < 1.29 is 9.53 Å². The molecule has 0 unspecified atom stereocenters. The first-order valence-corrected chi connectivity index (χ1v) is 6.79. The van der Waals surface area contributed by atoms with Gasteiger partial charge >= 0.3 is 6.03 Å². The Kier molecular flexibility index (Phi) is 5.16. The summed E-state index contributed by atoms with van der Waals surface area (Å²) in [6, 6.07) is 7.97. The Bertz CT molecular complexity index is 680. The number of nitrogens with two attached hydrogens (primary N) is 2. The van der Waals surface area contributed by atoms with Gasteiger partial charge in [0.15, 0.2) is 5.75 Å². The van der Waals surface area contributed by atoms with Crippen molar-refractivity contribution in [2.24, 2.45) is 11.7 Å². The predicted molar refractivity (Wildman–Crippen MR) is 84.1 cm³/mol. The number of nitrogens with one attached hydrogen (secondary N) is 1. The number of hydrazine groups is 2. The highest BCUT2D eigenvalue weighted by Gasteiger charge is 2.18. The number of carbonyl (C=O) groups excluding carboxylic acids is 1. The lowest BCUT2D eigenvalue weighted by atomic mass is 10.2. The maximum absolute atomic E-state index is 11.5. The van der Waals surface area contributed by atoms with Crippen molar-refractivity contribution in [2.45, 2.75) is 13.5 Å². The molecule has 2 aromatic rings. The van der Waals surface area contributed by atoms with Crippen molar-refractivity contribution in [2.75, 3.05) is 5.01 Å². The van der Waals surface area contributed by atoms with Crippen LogP contribution in [0.1, 0.15) is 11.3 Å². The van der Waals surface area contributed by atoms with Gasteiger partial charge in [-0.25, -0.2) is 21.5 Å². The third-order valence-electron chi connectivity index (χ3n) is 2.88. The van der Waals surface area contributed by atoms with Crippen LogP contribution in [-0.2, 0) is 6.61 Å². The van der Waals surface area contributed by atoms with Gasteiger partial charge in [0.2, 0.25) is 0 Å². The van der Waals surface area contributed by atoms with Gasteiger partial charge < -0.3 is 4.74 Å². The van der Waals surface area contributed by atoms with Crippen LogP contribution in [-0.4, -0.2) is 11.0 Å². The second-order valence-corrected chi connectivity index (χ2v) is 4.93. The van der Waals surface area contributed by atoms with Crippen molar-refractivity contribution >= 4 is 23.3 Å². The summed E-state index contributed by atoms with van der Waals surface area (Å²) in [7, 11) is 0. The largest absolute Gasteiger partial charge is 0.483 e. The molecule has 22 heavy (non-hydrogen) atoms. The summed E-state index contributed by atoms with van der Waals surface area (Å²) < 4.78 is 5.69. The van der Waals surface area contributed by atoms with E-state index in [1.54, 1.807) is 24.4 Å². The van der Waals surface area contributed by atoms with Gasteiger partial charge in [-0.2, -0.15) is 0 Å². The maximum atomic E-state index is 11.5. The molecule has 1 aromatic carbocycles. The summed E-state index contributed by atoms with van der Waals surface area (Å²) in [6.45, 7) is 2.15. The van der Waals surface area contributed by atoms with Crippen molar-refractivity contribution in [3.8, 4) is 5.75 Å². The molecule has 0 saturated heterocycles. The zero-order valence-corrected chi connectivity index (χ0v) is 12.7. The van der Waals surface area contributed by atoms with Crippen LogP contribution in [0.5, 0.6) is 5.75 Å². The van der Waals surface area contributed by atoms with Gasteiger partial charge in [-0.1, -0.05) is 17.7 Å². The van der Waals surface area contributed by atoms with Crippen LogP contribution in [0.4, 0.5) is 10.5 Å². The molecular weight excluding hydrogens is 306 g/mol. The lowest BCUT2D eigenvalue weighted by Gasteiger charge is -2.20. The van der Waals surface area contributed by atoms with E-state index in [4.69, 9.17) is 28.0 Å². The molecule has 0 spiro atoms. The van der Waals surface area contributed by atoms with Gasteiger partial charge in [0, 0.05) is 6.20 Å². The molecule has 0 fully saturated rings. The lowest BCUT2D eigenvalue weighted by Crippen LogP contribution is -2.47. The molecule has 2 amide bonds. The molecule has 0 aliphatic heterocycles. The summed E-state index contributed by atoms with van der Waals surface area (Å²) in [6.07, 6.45) is 1.69. The summed E-state index contributed by atoms with van der Waals surface area (Å²) in [5, 5.41) is 1.15.